The van der Waals surface area contributed by atoms with Gasteiger partial charge in [-0.1, -0.05) is 12.8 Å². The minimum absolute atomic E-state index is 0.713. The first-order valence-corrected chi connectivity index (χ1v) is 5.72. The summed E-state index contributed by atoms with van der Waals surface area (Å²) in [5.41, 5.74) is 0. The molecule has 80 valence electrons. The number of nitrogens with one attached hydrogen (secondary N) is 1. The van der Waals surface area contributed by atoms with E-state index in [-0.39, 0.29) is 0 Å². The number of hydrogen-bond acceptors (Lipinski definition) is 2. The summed E-state index contributed by atoms with van der Waals surface area (Å²) in [6, 6.07) is 0.713. The summed E-state index contributed by atoms with van der Waals surface area (Å²) < 4.78 is 0. The maximum Gasteiger partial charge on any atom is 0.0604 e. The Morgan fingerprint density at radius 1 is 1.50 bits per heavy atom. The van der Waals surface area contributed by atoms with E-state index >= 15 is 0 Å². The van der Waals surface area contributed by atoms with Gasteiger partial charge < -0.3 is 5.32 Å². The second-order valence-electron chi connectivity index (χ2n) is 3.90. The molecule has 0 aromatic carbocycles. The summed E-state index contributed by atoms with van der Waals surface area (Å²) in [4.78, 5) is 2.52. The average molecular weight is 194 g/mol. The first-order valence-electron chi connectivity index (χ1n) is 5.72. The van der Waals surface area contributed by atoms with Gasteiger partial charge in [-0.05, 0) is 39.3 Å². The lowest BCUT2D eigenvalue weighted by Crippen LogP contribution is -2.46. The van der Waals surface area contributed by atoms with Crippen LogP contribution in [0.15, 0.2) is 0 Å². The highest BCUT2D eigenvalue weighted by Crippen LogP contribution is 2.10. The fraction of sp³-hybridized carbons (Fsp3) is 0.833. The number of nitrogens with zero attached hydrogens (tertiary/aromatic N) is 1. The van der Waals surface area contributed by atoms with E-state index in [0.29, 0.717) is 6.04 Å². The molecule has 1 fully saturated rings. The van der Waals surface area contributed by atoms with Crippen molar-refractivity contribution in [3.8, 4) is 11.8 Å². The lowest BCUT2D eigenvalue weighted by atomic mass is 10.1. The summed E-state index contributed by atoms with van der Waals surface area (Å²) in [5.74, 6) is 6.16. The minimum Gasteiger partial charge on any atom is -0.315 e. The summed E-state index contributed by atoms with van der Waals surface area (Å²) in [6.45, 7) is 8.62. The van der Waals surface area contributed by atoms with Crippen molar-refractivity contribution in [3.05, 3.63) is 0 Å². The lowest BCUT2D eigenvalue weighted by molar-refractivity contribution is 0.186. The monoisotopic (exact) mass is 194 g/mol. The lowest BCUT2D eigenvalue weighted by Gasteiger charge is -2.33. The number of rotatable bonds is 4. The van der Waals surface area contributed by atoms with E-state index in [0.717, 1.165) is 13.1 Å². The molecule has 0 bridgehead atoms. The predicted octanol–water partition coefficient (Wildman–Crippen LogP) is 1.47. The SMILES string of the molecule is CC#CCN(CCC)C1CCCNC1. The fourth-order valence-corrected chi connectivity index (χ4v) is 2.00. The van der Waals surface area contributed by atoms with E-state index < -0.39 is 0 Å². The Morgan fingerprint density at radius 2 is 2.36 bits per heavy atom. The molecule has 1 saturated heterocycles. The number of piperidine rings is 1. The van der Waals surface area contributed by atoms with Gasteiger partial charge in [0.05, 0.1) is 6.54 Å². The molecule has 14 heavy (non-hydrogen) atoms. The minimum atomic E-state index is 0.713. The first kappa shape index (κ1) is 11.6. The van der Waals surface area contributed by atoms with Gasteiger partial charge >= 0.3 is 0 Å². The van der Waals surface area contributed by atoms with E-state index in [1.165, 1.54) is 32.4 Å². The summed E-state index contributed by atoms with van der Waals surface area (Å²) in [5, 5.41) is 3.46. The third-order valence-corrected chi connectivity index (χ3v) is 2.76. The van der Waals surface area contributed by atoms with Gasteiger partial charge in [0.2, 0.25) is 0 Å². The molecule has 1 aliphatic heterocycles. The van der Waals surface area contributed by atoms with E-state index in [2.05, 4.69) is 29.0 Å². The Morgan fingerprint density at radius 3 is 2.93 bits per heavy atom. The Balaban J connectivity index is 2.40. The van der Waals surface area contributed by atoms with E-state index in [9.17, 15) is 0 Å². The Bertz CT molecular complexity index is 196. The van der Waals surface area contributed by atoms with Crippen LogP contribution < -0.4 is 5.32 Å². The molecular formula is C12H22N2. The molecule has 0 aromatic heterocycles. The molecule has 0 aromatic rings. The Labute approximate surface area is 88.1 Å². The predicted molar refractivity (Wildman–Crippen MR) is 61.2 cm³/mol. The van der Waals surface area contributed by atoms with Crippen molar-refractivity contribution in [2.24, 2.45) is 0 Å². The molecule has 0 radical (unpaired) electrons. The van der Waals surface area contributed by atoms with Gasteiger partial charge in [0.15, 0.2) is 0 Å². The van der Waals surface area contributed by atoms with Gasteiger partial charge in [-0.25, -0.2) is 0 Å². The molecule has 1 unspecified atom stereocenters. The van der Waals surface area contributed by atoms with E-state index in [1.54, 1.807) is 0 Å². The van der Waals surface area contributed by atoms with Gasteiger partial charge in [-0.2, -0.15) is 0 Å². The van der Waals surface area contributed by atoms with Crippen LogP contribution >= 0.6 is 0 Å². The molecule has 0 aliphatic carbocycles. The van der Waals surface area contributed by atoms with Crippen molar-refractivity contribution in [1.82, 2.24) is 10.2 Å². The zero-order chi connectivity index (χ0) is 10.2. The zero-order valence-electron chi connectivity index (χ0n) is 9.47. The normalized spacial score (nSPS) is 21.8. The zero-order valence-corrected chi connectivity index (χ0v) is 9.47. The van der Waals surface area contributed by atoms with E-state index in [1.807, 2.05) is 6.92 Å². The summed E-state index contributed by atoms with van der Waals surface area (Å²) in [7, 11) is 0. The van der Waals surface area contributed by atoms with Crippen LogP contribution in [0.2, 0.25) is 0 Å². The van der Waals surface area contributed by atoms with Crippen LogP contribution in [0.4, 0.5) is 0 Å². The van der Waals surface area contributed by atoms with Crippen LogP contribution in [0, 0.1) is 11.8 Å². The third-order valence-electron chi connectivity index (χ3n) is 2.76. The molecule has 0 amide bonds. The highest BCUT2D eigenvalue weighted by molar-refractivity contribution is 4.99. The van der Waals surface area contributed by atoms with E-state index in [4.69, 9.17) is 0 Å². The molecule has 1 atom stereocenters. The van der Waals surface area contributed by atoms with Crippen molar-refractivity contribution in [1.29, 1.82) is 0 Å². The molecule has 1 N–H and O–H groups in total. The average Bonchev–Trinajstić information content (AvgIpc) is 2.25. The smallest absolute Gasteiger partial charge is 0.0604 e. The third kappa shape index (κ3) is 3.69. The van der Waals surface area contributed by atoms with Crippen molar-refractivity contribution in [2.75, 3.05) is 26.2 Å². The van der Waals surface area contributed by atoms with Crippen LogP contribution in [0.25, 0.3) is 0 Å². The molecule has 1 heterocycles. The first-order chi connectivity index (χ1) is 6.88. The van der Waals surface area contributed by atoms with Crippen molar-refractivity contribution in [2.45, 2.75) is 39.2 Å². The highest BCUT2D eigenvalue weighted by Gasteiger charge is 2.18. The van der Waals surface area contributed by atoms with Crippen molar-refractivity contribution in [3.63, 3.8) is 0 Å². The van der Waals surface area contributed by atoms with Gasteiger partial charge in [0.25, 0.3) is 0 Å². The molecule has 0 spiro atoms. The summed E-state index contributed by atoms with van der Waals surface area (Å²) in [6.07, 6.45) is 3.87. The molecule has 2 heteroatoms. The van der Waals surface area contributed by atoms with Crippen LogP contribution in [0.5, 0.6) is 0 Å². The largest absolute Gasteiger partial charge is 0.315 e. The molecule has 1 aliphatic rings. The number of hydrogen-bond donors (Lipinski definition) is 1. The molecular weight excluding hydrogens is 172 g/mol. The van der Waals surface area contributed by atoms with Crippen LogP contribution in [0.1, 0.15) is 33.1 Å². The standard InChI is InChI=1S/C12H22N2/c1-3-5-10-14(9-4-2)12-7-6-8-13-11-12/h12-13H,4,6-11H2,1-2H3. The fourth-order valence-electron chi connectivity index (χ4n) is 2.00. The van der Waals surface area contributed by atoms with Gasteiger partial charge in [0, 0.05) is 12.6 Å². The van der Waals surface area contributed by atoms with Crippen LogP contribution in [-0.4, -0.2) is 37.1 Å². The second-order valence-corrected chi connectivity index (χ2v) is 3.90. The van der Waals surface area contributed by atoms with Crippen LogP contribution in [-0.2, 0) is 0 Å². The van der Waals surface area contributed by atoms with Gasteiger partial charge in [-0.3, -0.25) is 4.90 Å². The molecule has 1 rings (SSSR count). The van der Waals surface area contributed by atoms with Crippen molar-refractivity contribution < 1.29 is 0 Å². The maximum absolute atomic E-state index is 3.46. The molecule has 2 nitrogen and oxygen atoms in total. The van der Waals surface area contributed by atoms with Crippen LogP contribution in [0.3, 0.4) is 0 Å². The Hall–Kier alpha value is -0.520. The Kier molecular flexibility index (Phi) is 5.66. The van der Waals surface area contributed by atoms with Gasteiger partial charge in [-0.15, -0.1) is 5.92 Å². The van der Waals surface area contributed by atoms with Crippen molar-refractivity contribution >= 4 is 0 Å². The molecule has 0 saturated carbocycles. The quantitative estimate of drug-likeness (QED) is 0.682. The summed E-state index contributed by atoms with van der Waals surface area (Å²) >= 11 is 0. The van der Waals surface area contributed by atoms with Gasteiger partial charge in [0.1, 0.15) is 0 Å². The topological polar surface area (TPSA) is 15.3 Å². The highest BCUT2D eigenvalue weighted by atomic mass is 15.2. The maximum atomic E-state index is 3.46. The second kappa shape index (κ2) is 6.86.